The van der Waals surface area contributed by atoms with E-state index in [0.717, 1.165) is 0 Å². The predicted octanol–water partition coefficient (Wildman–Crippen LogP) is 1.33. The second kappa shape index (κ2) is 8.34. The van der Waals surface area contributed by atoms with E-state index in [9.17, 15) is 19.2 Å². The summed E-state index contributed by atoms with van der Waals surface area (Å²) in [6, 6.07) is 14.4. The average molecular weight is 381 g/mol. The van der Waals surface area contributed by atoms with Crippen LogP contribution in [0.4, 0.5) is 11.4 Å². The third-order valence-electron chi connectivity index (χ3n) is 4.15. The van der Waals surface area contributed by atoms with Crippen molar-refractivity contribution in [3.8, 4) is 0 Å². The molecule has 2 aromatic carbocycles. The molecule has 144 valence electrons. The lowest BCUT2D eigenvalue weighted by Gasteiger charge is -2.29. The van der Waals surface area contributed by atoms with Crippen LogP contribution in [0.25, 0.3) is 0 Å². The van der Waals surface area contributed by atoms with Crippen LogP contribution in [0, 0.1) is 0 Å². The van der Waals surface area contributed by atoms with Crippen LogP contribution in [0.2, 0.25) is 0 Å². The highest BCUT2D eigenvalue weighted by Gasteiger charge is 2.28. The van der Waals surface area contributed by atoms with Crippen LogP contribution in [0.3, 0.4) is 0 Å². The van der Waals surface area contributed by atoms with E-state index in [-0.39, 0.29) is 12.5 Å². The van der Waals surface area contributed by atoms with Gasteiger partial charge in [0.25, 0.3) is 11.8 Å². The molecular formula is C20H19N3O5. The Morgan fingerprint density at radius 1 is 1.11 bits per heavy atom. The Hall–Kier alpha value is -3.68. The molecular weight excluding hydrogens is 362 g/mol. The number of anilines is 2. The standard InChI is InChI=1S/C20H19N3O5/c1-13(21-19(26)14-7-3-2-4-8-14)20(27)28-12-18(25)23-11-17(24)22-15-9-5-6-10-16(15)23/h2-10,13H,11-12H2,1H3,(H,21,26)(H,22,24)/t13-/m0/s1. The summed E-state index contributed by atoms with van der Waals surface area (Å²) in [5.41, 5.74) is 1.46. The zero-order chi connectivity index (χ0) is 20.1. The molecule has 0 aromatic heterocycles. The maximum Gasteiger partial charge on any atom is 0.328 e. The summed E-state index contributed by atoms with van der Waals surface area (Å²) in [5, 5.41) is 5.20. The van der Waals surface area contributed by atoms with Gasteiger partial charge in [0.1, 0.15) is 12.6 Å². The van der Waals surface area contributed by atoms with Gasteiger partial charge in [0.15, 0.2) is 6.61 Å². The van der Waals surface area contributed by atoms with Gasteiger partial charge in [-0.2, -0.15) is 0 Å². The van der Waals surface area contributed by atoms with Crippen molar-refractivity contribution >= 4 is 35.1 Å². The molecule has 0 saturated heterocycles. The second-order valence-corrected chi connectivity index (χ2v) is 6.21. The van der Waals surface area contributed by atoms with Crippen molar-refractivity contribution in [3.63, 3.8) is 0 Å². The maximum absolute atomic E-state index is 12.5. The number of carbonyl (C=O) groups excluding carboxylic acids is 4. The molecule has 1 heterocycles. The van der Waals surface area contributed by atoms with Crippen LogP contribution < -0.4 is 15.5 Å². The van der Waals surface area contributed by atoms with Crippen molar-refractivity contribution in [1.82, 2.24) is 5.32 Å². The Bertz CT molecular complexity index is 913. The van der Waals surface area contributed by atoms with Crippen molar-refractivity contribution in [2.24, 2.45) is 0 Å². The first-order chi connectivity index (χ1) is 13.5. The van der Waals surface area contributed by atoms with Crippen LogP contribution in [-0.4, -0.2) is 42.9 Å². The van der Waals surface area contributed by atoms with Crippen molar-refractivity contribution in [3.05, 3.63) is 60.2 Å². The number of hydrogen-bond acceptors (Lipinski definition) is 5. The molecule has 0 bridgehead atoms. The zero-order valence-electron chi connectivity index (χ0n) is 15.2. The van der Waals surface area contributed by atoms with Gasteiger partial charge in [0.05, 0.1) is 11.4 Å². The quantitative estimate of drug-likeness (QED) is 0.761. The topological polar surface area (TPSA) is 105 Å². The molecule has 2 aromatic rings. The number of fused-ring (bicyclic) bond motifs is 1. The molecule has 0 radical (unpaired) electrons. The SMILES string of the molecule is C[C@H](NC(=O)c1ccccc1)C(=O)OCC(=O)N1CC(=O)Nc2ccccc21. The minimum atomic E-state index is -0.933. The van der Waals surface area contributed by atoms with E-state index in [1.807, 2.05) is 0 Å². The highest BCUT2D eigenvalue weighted by Crippen LogP contribution is 2.28. The molecule has 2 N–H and O–H groups in total. The van der Waals surface area contributed by atoms with E-state index in [1.165, 1.54) is 11.8 Å². The van der Waals surface area contributed by atoms with Gasteiger partial charge in [-0.25, -0.2) is 4.79 Å². The van der Waals surface area contributed by atoms with E-state index in [4.69, 9.17) is 4.74 Å². The average Bonchev–Trinajstić information content (AvgIpc) is 2.71. The molecule has 0 unspecified atom stereocenters. The predicted molar refractivity (Wildman–Crippen MR) is 102 cm³/mol. The number of para-hydroxylation sites is 2. The number of esters is 1. The van der Waals surface area contributed by atoms with Crippen LogP contribution >= 0.6 is 0 Å². The molecule has 1 aliphatic rings. The molecule has 1 aliphatic heterocycles. The lowest BCUT2D eigenvalue weighted by molar-refractivity contribution is -0.149. The number of amides is 3. The summed E-state index contributed by atoms with van der Waals surface area (Å²) in [4.78, 5) is 49.7. The molecule has 3 amide bonds. The van der Waals surface area contributed by atoms with E-state index in [1.54, 1.807) is 54.6 Å². The lowest BCUT2D eigenvalue weighted by atomic mass is 10.2. The van der Waals surface area contributed by atoms with Gasteiger partial charge in [0.2, 0.25) is 5.91 Å². The number of ether oxygens (including phenoxy) is 1. The Labute approximate surface area is 161 Å². The Morgan fingerprint density at radius 3 is 2.54 bits per heavy atom. The Kier molecular flexibility index (Phi) is 5.69. The molecule has 8 heteroatoms. The summed E-state index contributed by atoms with van der Waals surface area (Å²) in [6.45, 7) is 0.775. The first kappa shape index (κ1) is 19.1. The molecule has 3 rings (SSSR count). The minimum Gasteiger partial charge on any atom is -0.454 e. The molecule has 0 fully saturated rings. The van der Waals surface area contributed by atoms with Crippen molar-refractivity contribution < 1.29 is 23.9 Å². The number of nitrogens with zero attached hydrogens (tertiary/aromatic N) is 1. The molecule has 8 nitrogen and oxygen atoms in total. The van der Waals surface area contributed by atoms with Gasteiger partial charge in [-0.15, -0.1) is 0 Å². The highest BCUT2D eigenvalue weighted by molar-refractivity contribution is 6.10. The fraction of sp³-hybridized carbons (Fsp3) is 0.200. The lowest BCUT2D eigenvalue weighted by Crippen LogP contribution is -2.45. The smallest absolute Gasteiger partial charge is 0.328 e. The molecule has 0 spiro atoms. The molecule has 0 aliphatic carbocycles. The normalized spacial score (nSPS) is 13.8. The fourth-order valence-electron chi connectivity index (χ4n) is 2.72. The minimum absolute atomic E-state index is 0.159. The third-order valence-corrected chi connectivity index (χ3v) is 4.15. The van der Waals surface area contributed by atoms with E-state index < -0.39 is 30.4 Å². The zero-order valence-corrected chi connectivity index (χ0v) is 15.2. The fourth-order valence-corrected chi connectivity index (χ4v) is 2.72. The number of hydrogen-bond donors (Lipinski definition) is 2. The van der Waals surface area contributed by atoms with Crippen LogP contribution in [-0.2, 0) is 19.1 Å². The highest BCUT2D eigenvalue weighted by atomic mass is 16.5. The number of benzene rings is 2. The summed E-state index contributed by atoms with van der Waals surface area (Å²) in [6.07, 6.45) is 0. The first-order valence-corrected chi connectivity index (χ1v) is 8.67. The summed E-state index contributed by atoms with van der Waals surface area (Å²) in [7, 11) is 0. The summed E-state index contributed by atoms with van der Waals surface area (Å²) >= 11 is 0. The van der Waals surface area contributed by atoms with Gasteiger partial charge < -0.3 is 15.4 Å². The monoisotopic (exact) mass is 381 g/mol. The van der Waals surface area contributed by atoms with Crippen molar-refractivity contribution in [2.75, 3.05) is 23.4 Å². The Balaban J connectivity index is 1.56. The van der Waals surface area contributed by atoms with Gasteiger partial charge in [-0.05, 0) is 31.2 Å². The first-order valence-electron chi connectivity index (χ1n) is 8.67. The third kappa shape index (κ3) is 4.35. The molecule has 1 atom stereocenters. The van der Waals surface area contributed by atoms with Gasteiger partial charge in [-0.1, -0.05) is 30.3 Å². The van der Waals surface area contributed by atoms with Crippen LogP contribution in [0.1, 0.15) is 17.3 Å². The largest absolute Gasteiger partial charge is 0.454 e. The van der Waals surface area contributed by atoms with Gasteiger partial charge in [0, 0.05) is 5.56 Å². The number of rotatable bonds is 5. The summed E-state index contributed by atoms with van der Waals surface area (Å²) < 4.78 is 5.03. The van der Waals surface area contributed by atoms with Crippen molar-refractivity contribution in [1.29, 1.82) is 0 Å². The van der Waals surface area contributed by atoms with E-state index in [2.05, 4.69) is 10.6 Å². The van der Waals surface area contributed by atoms with Crippen molar-refractivity contribution in [2.45, 2.75) is 13.0 Å². The van der Waals surface area contributed by atoms with E-state index in [0.29, 0.717) is 16.9 Å². The number of nitrogens with one attached hydrogen (secondary N) is 2. The second-order valence-electron chi connectivity index (χ2n) is 6.21. The van der Waals surface area contributed by atoms with Crippen LogP contribution in [0.15, 0.2) is 54.6 Å². The van der Waals surface area contributed by atoms with Gasteiger partial charge >= 0.3 is 5.97 Å². The van der Waals surface area contributed by atoms with Gasteiger partial charge in [-0.3, -0.25) is 19.3 Å². The Morgan fingerprint density at radius 2 is 1.79 bits per heavy atom. The molecule has 28 heavy (non-hydrogen) atoms. The molecule has 0 saturated carbocycles. The van der Waals surface area contributed by atoms with Crippen LogP contribution in [0.5, 0.6) is 0 Å². The summed E-state index contributed by atoms with van der Waals surface area (Å²) in [5.74, 6) is -2.02. The maximum atomic E-state index is 12.5. The number of carbonyl (C=O) groups is 4. The van der Waals surface area contributed by atoms with E-state index >= 15 is 0 Å².